The van der Waals surface area contributed by atoms with Crippen LogP contribution in [-0.4, -0.2) is 31.7 Å². The summed E-state index contributed by atoms with van der Waals surface area (Å²) >= 11 is 0. The topological polar surface area (TPSA) is 66.5 Å². The zero-order valence-corrected chi connectivity index (χ0v) is 15.4. The molecule has 0 unspecified atom stereocenters. The third-order valence-electron chi connectivity index (χ3n) is 4.49. The molecule has 0 spiro atoms. The highest BCUT2D eigenvalue weighted by Crippen LogP contribution is 2.22. The summed E-state index contributed by atoms with van der Waals surface area (Å²) in [7, 11) is -3.58. The van der Waals surface area contributed by atoms with Gasteiger partial charge in [-0.25, -0.2) is 17.2 Å². The van der Waals surface area contributed by atoms with Crippen LogP contribution in [0.5, 0.6) is 0 Å². The summed E-state index contributed by atoms with van der Waals surface area (Å²) in [5.74, 6) is -2.37. The highest BCUT2D eigenvalue weighted by molar-refractivity contribution is 7.89. The maximum absolute atomic E-state index is 13.7. The Hall–Kier alpha value is -2.32. The number of carbonyl (C=O) groups is 1. The monoisotopic (exact) mass is 394 g/mol. The fourth-order valence-electron chi connectivity index (χ4n) is 3.01. The van der Waals surface area contributed by atoms with Gasteiger partial charge in [0.05, 0.1) is 10.5 Å². The fourth-order valence-corrected chi connectivity index (χ4v) is 4.53. The van der Waals surface area contributed by atoms with Crippen LogP contribution >= 0.6 is 0 Å². The number of sulfonamides is 1. The average molecular weight is 394 g/mol. The number of hydrogen-bond acceptors (Lipinski definition) is 3. The van der Waals surface area contributed by atoms with E-state index < -0.39 is 33.1 Å². The normalized spacial score (nSPS) is 15.9. The van der Waals surface area contributed by atoms with E-state index in [4.69, 9.17) is 0 Å². The molecule has 1 N–H and O–H groups in total. The number of rotatable bonds is 4. The van der Waals surface area contributed by atoms with Crippen molar-refractivity contribution in [1.82, 2.24) is 4.31 Å². The standard InChI is InChI=1S/C19H20F2N2O3S/c20-14-5-10-18(21)17(13-14)19(24)22-15-6-8-16(9-7-15)27(25,26)23-11-3-1-2-4-12-23/h5-10,13H,1-4,11-12H2,(H,22,24). The number of nitrogens with zero attached hydrogens (tertiary/aromatic N) is 1. The first-order valence-electron chi connectivity index (χ1n) is 8.74. The Kier molecular flexibility index (Phi) is 5.86. The molecular weight excluding hydrogens is 374 g/mol. The average Bonchev–Trinajstić information content (AvgIpc) is 2.94. The van der Waals surface area contributed by atoms with Crippen molar-refractivity contribution < 1.29 is 22.0 Å². The molecule has 5 nitrogen and oxygen atoms in total. The van der Waals surface area contributed by atoms with Gasteiger partial charge in [-0.3, -0.25) is 4.79 Å². The van der Waals surface area contributed by atoms with Gasteiger partial charge in [0.15, 0.2) is 0 Å². The summed E-state index contributed by atoms with van der Waals surface area (Å²) in [6.45, 7) is 0.999. The van der Waals surface area contributed by atoms with Crippen LogP contribution in [-0.2, 0) is 10.0 Å². The molecule has 2 aromatic rings. The van der Waals surface area contributed by atoms with Gasteiger partial charge in [0, 0.05) is 18.8 Å². The van der Waals surface area contributed by atoms with Crippen LogP contribution in [0.15, 0.2) is 47.4 Å². The van der Waals surface area contributed by atoms with E-state index >= 15 is 0 Å². The number of benzene rings is 2. The minimum Gasteiger partial charge on any atom is -0.322 e. The number of nitrogens with one attached hydrogen (secondary N) is 1. The van der Waals surface area contributed by atoms with Gasteiger partial charge in [-0.1, -0.05) is 12.8 Å². The molecule has 0 atom stereocenters. The predicted octanol–water partition coefficient (Wildman–Crippen LogP) is 3.78. The Morgan fingerprint density at radius 3 is 2.19 bits per heavy atom. The number of hydrogen-bond donors (Lipinski definition) is 1. The lowest BCUT2D eigenvalue weighted by molar-refractivity contribution is 0.102. The minimum absolute atomic E-state index is 0.138. The zero-order valence-electron chi connectivity index (χ0n) is 14.6. The van der Waals surface area contributed by atoms with Gasteiger partial charge < -0.3 is 5.32 Å². The van der Waals surface area contributed by atoms with Crippen molar-refractivity contribution in [3.05, 3.63) is 59.7 Å². The third-order valence-corrected chi connectivity index (χ3v) is 6.40. The van der Waals surface area contributed by atoms with Gasteiger partial charge in [0.2, 0.25) is 10.0 Å². The first kappa shape index (κ1) is 19.4. The van der Waals surface area contributed by atoms with Crippen LogP contribution in [0.4, 0.5) is 14.5 Å². The summed E-state index contributed by atoms with van der Waals surface area (Å²) in [4.78, 5) is 12.2. The van der Waals surface area contributed by atoms with Gasteiger partial charge in [0.25, 0.3) is 5.91 Å². The van der Waals surface area contributed by atoms with Crippen LogP contribution in [0.3, 0.4) is 0 Å². The van der Waals surface area contributed by atoms with E-state index in [1.807, 2.05) is 0 Å². The highest BCUT2D eigenvalue weighted by Gasteiger charge is 2.25. The Balaban J connectivity index is 1.75. The number of anilines is 1. The molecule has 1 heterocycles. The second-order valence-corrected chi connectivity index (χ2v) is 8.36. The predicted molar refractivity (Wildman–Crippen MR) is 98.0 cm³/mol. The minimum atomic E-state index is -3.58. The molecule has 0 aliphatic carbocycles. The van der Waals surface area contributed by atoms with Crippen molar-refractivity contribution >= 4 is 21.6 Å². The molecule has 0 radical (unpaired) electrons. The summed E-state index contributed by atoms with van der Waals surface area (Å²) in [6.07, 6.45) is 3.72. The molecule has 3 rings (SSSR count). The summed E-state index contributed by atoms with van der Waals surface area (Å²) < 4.78 is 53.8. The van der Waals surface area contributed by atoms with E-state index in [1.165, 1.54) is 28.6 Å². The second kappa shape index (κ2) is 8.14. The summed E-state index contributed by atoms with van der Waals surface area (Å²) in [6, 6.07) is 8.27. The van der Waals surface area contributed by atoms with Crippen molar-refractivity contribution in [3.8, 4) is 0 Å². The van der Waals surface area contributed by atoms with E-state index in [0.717, 1.165) is 43.9 Å². The molecule has 1 aliphatic heterocycles. The second-order valence-electron chi connectivity index (χ2n) is 6.42. The first-order chi connectivity index (χ1) is 12.9. The molecule has 0 bridgehead atoms. The zero-order chi connectivity index (χ0) is 19.4. The molecule has 2 aromatic carbocycles. The lowest BCUT2D eigenvalue weighted by Gasteiger charge is -2.20. The Morgan fingerprint density at radius 1 is 0.926 bits per heavy atom. The van der Waals surface area contributed by atoms with E-state index in [2.05, 4.69) is 5.32 Å². The van der Waals surface area contributed by atoms with Crippen LogP contribution in [0.25, 0.3) is 0 Å². The van der Waals surface area contributed by atoms with Crippen molar-refractivity contribution in [2.45, 2.75) is 30.6 Å². The van der Waals surface area contributed by atoms with Crippen LogP contribution in [0, 0.1) is 11.6 Å². The fraction of sp³-hybridized carbons (Fsp3) is 0.316. The Bertz CT molecular complexity index is 922. The van der Waals surface area contributed by atoms with Gasteiger partial charge in [-0.05, 0) is 55.3 Å². The third kappa shape index (κ3) is 4.51. The molecule has 0 saturated carbocycles. The maximum atomic E-state index is 13.7. The number of carbonyl (C=O) groups excluding carboxylic acids is 1. The van der Waals surface area contributed by atoms with E-state index in [-0.39, 0.29) is 4.90 Å². The van der Waals surface area contributed by atoms with Crippen molar-refractivity contribution in [2.24, 2.45) is 0 Å². The largest absolute Gasteiger partial charge is 0.322 e. The SMILES string of the molecule is O=C(Nc1ccc(S(=O)(=O)N2CCCCCC2)cc1)c1cc(F)ccc1F. The van der Waals surface area contributed by atoms with E-state index in [1.54, 1.807) is 0 Å². The highest BCUT2D eigenvalue weighted by atomic mass is 32.2. The van der Waals surface area contributed by atoms with Gasteiger partial charge in [-0.2, -0.15) is 4.31 Å². The molecule has 1 aliphatic rings. The van der Waals surface area contributed by atoms with Crippen LogP contribution < -0.4 is 5.32 Å². The Labute approximate surface area is 157 Å². The van der Waals surface area contributed by atoms with Crippen molar-refractivity contribution in [1.29, 1.82) is 0 Å². The molecule has 1 amide bonds. The van der Waals surface area contributed by atoms with Crippen molar-refractivity contribution in [2.75, 3.05) is 18.4 Å². The smallest absolute Gasteiger partial charge is 0.258 e. The quantitative estimate of drug-likeness (QED) is 0.858. The molecule has 27 heavy (non-hydrogen) atoms. The maximum Gasteiger partial charge on any atom is 0.258 e. The molecule has 0 aromatic heterocycles. The van der Waals surface area contributed by atoms with Gasteiger partial charge in [-0.15, -0.1) is 0 Å². The summed E-state index contributed by atoms with van der Waals surface area (Å²) in [5, 5.41) is 2.44. The van der Waals surface area contributed by atoms with Gasteiger partial charge in [0.1, 0.15) is 11.6 Å². The van der Waals surface area contributed by atoms with E-state index in [0.29, 0.717) is 18.8 Å². The molecule has 144 valence electrons. The molecular formula is C19H20F2N2O3S. The lowest BCUT2D eigenvalue weighted by atomic mass is 10.2. The molecule has 1 saturated heterocycles. The Morgan fingerprint density at radius 2 is 1.56 bits per heavy atom. The first-order valence-corrected chi connectivity index (χ1v) is 10.2. The molecule has 8 heteroatoms. The lowest BCUT2D eigenvalue weighted by Crippen LogP contribution is -2.31. The van der Waals surface area contributed by atoms with Gasteiger partial charge >= 0.3 is 0 Å². The summed E-state index contributed by atoms with van der Waals surface area (Å²) in [5.41, 5.74) is -0.130. The van der Waals surface area contributed by atoms with Crippen molar-refractivity contribution in [3.63, 3.8) is 0 Å². The van der Waals surface area contributed by atoms with E-state index in [9.17, 15) is 22.0 Å². The van der Waals surface area contributed by atoms with Crippen LogP contribution in [0.1, 0.15) is 36.0 Å². The number of halogens is 2. The van der Waals surface area contributed by atoms with Crippen LogP contribution in [0.2, 0.25) is 0 Å². The molecule has 1 fully saturated rings. The number of amides is 1.